The summed E-state index contributed by atoms with van der Waals surface area (Å²) in [5.41, 5.74) is 8.44. The van der Waals surface area contributed by atoms with E-state index in [4.69, 9.17) is 17.3 Å². The summed E-state index contributed by atoms with van der Waals surface area (Å²) in [5.74, 6) is 0. The van der Waals surface area contributed by atoms with Crippen molar-refractivity contribution < 1.29 is 5.11 Å². The van der Waals surface area contributed by atoms with Gasteiger partial charge in [0, 0.05) is 22.2 Å². The van der Waals surface area contributed by atoms with E-state index in [-0.39, 0.29) is 0 Å². The molecule has 3 aromatic rings. The lowest BCUT2D eigenvalue weighted by molar-refractivity contribution is 0.148. The van der Waals surface area contributed by atoms with Crippen molar-refractivity contribution in [3.63, 3.8) is 0 Å². The van der Waals surface area contributed by atoms with Gasteiger partial charge in [-0.25, -0.2) is 0 Å². The van der Waals surface area contributed by atoms with Gasteiger partial charge in [-0.05, 0) is 23.8 Å². The number of aromatic nitrogens is 1. The highest BCUT2D eigenvalue weighted by molar-refractivity contribution is 6.35. The average Bonchev–Trinajstić information content (AvgIpc) is 2.55. The molecule has 0 amide bonds. The first-order valence-corrected chi connectivity index (χ1v) is 7.08. The number of nitrogens with zero attached hydrogens (tertiary/aromatic N) is 1. The van der Waals surface area contributed by atoms with Crippen LogP contribution in [0, 0.1) is 0 Å². The highest BCUT2D eigenvalue weighted by atomic mass is 35.5. The summed E-state index contributed by atoms with van der Waals surface area (Å²) in [4.78, 5) is 4.34. The maximum Gasteiger partial charge on any atom is 0.100 e. The first kappa shape index (κ1) is 14.0. The minimum atomic E-state index is -0.845. The lowest BCUT2D eigenvalue weighted by Crippen LogP contribution is -2.20. The standard InChI is InChI=1S/C17H15ClN2O/c18-14-9-8-13(16-12(14)7-4-10-20-16)17(21)15(19)11-5-2-1-3-6-11/h1-10,15,17,21H,19H2. The van der Waals surface area contributed by atoms with Crippen molar-refractivity contribution in [2.24, 2.45) is 5.73 Å². The monoisotopic (exact) mass is 298 g/mol. The molecule has 0 aliphatic rings. The van der Waals surface area contributed by atoms with Crippen molar-refractivity contribution in [3.8, 4) is 0 Å². The molecule has 0 aliphatic carbocycles. The van der Waals surface area contributed by atoms with E-state index >= 15 is 0 Å². The van der Waals surface area contributed by atoms with Gasteiger partial charge in [0.15, 0.2) is 0 Å². The van der Waals surface area contributed by atoms with Gasteiger partial charge in [-0.2, -0.15) is 0 Å². The van der Waals surface area contributed by atoms with Crippen molar-refractivity contribution >= 4 is 22.5 Å². The Hall–Kier alpha value is -1.94. The molecule has 0 saturated heterocycles. The topological polar surface area (TPSA) is 59.1 Å². The predicted octanol–water partition coefficient (Wildman–Crippen LogP) is 3.62. The normalized spacial score (nSPS) is 14.0. The fourth-order valence-corrected chi connectivity index (χ4v) is 2.66. The number of aliphatic hydroxyl groups excluding tert-OH is 1. The maximum atomic E-state index is 10.6. The van der Waals surface area contributed by atoms with Crippen LogP contribution in [-0.4, -0.2) is 10.1 Å². The van der Waals surface area contributed by atoms with Gasteiger partial charge in [-0.1, -0.05) is 48.0 Å². The summed E-state index contributed by atoms with van der Waals surface area (Å²) in [7, 11) is 0. The first-order chi connectivity index (χ1) is 10.2. The molecule has 4 heteroatoms. The number of hydrogen-bond donors (Lipinski definition) is 2. The Bertz CT molecular complexity index is 761. The van der Waals surface area contributed by atoms with E-state index in [9.17, 15) is 5.11 Å². The van der Waals surface area contributed by atoms with E-state index in [2.05, 4.69) is 4.98 Å². The van der Waals surface area contributed by atoms with E-state index in [1.54, 1.807) is 18.3 Å². The van der Waals surface area contributed by atoms with Gasteiger partial charge in [0.25, 0.3) is 0 Å². The number of benzene rings is 2. The molecule has 21 heavy (non-hydrogen) atoms. The lowest BCUT2D eigenvalue weighted by atomic mass is 9.95. The number of nitrogens with two attached hydrogens (primary N) is 1. The average molecular weight is 299 g/mol. The molecule has 1 aromatic heterocycles. The van der Waals surface area contributed by atoms with Gasteiger partial charge >= 0.3 is 0 Å². The van der Waals surface area contributed by atoms with Crippen LogP contribution in [0.25, 0.3) is 10.9 Å². The summed E-state index contributed by atoms with van der Waals surface area (Å²) in [6.45, 7) is 0. The SMILES string of the molecule is NC(c1ccccc1)C(O)c1ccc(Cl)c2cccnc12. The first-order valence-electron chi connectivity index (χ1n) is 6.70. The van der Waals surface area contributed by atoms with E-state index in [1.165, 1.54) is 0 Å². The molecule has 1 heterocycles. The van der Waals surface area contributed by atoms with Crippen LogP contribution in [0.2, 0.25) is 5.02 Å². The maximum absolute atomic E-state index is 10.6. The fourth-order valence-electron chi connectivity index (χ4n) is 2.45. The summed E-state index contributed by atoms with van der Waals surface area (Å²) in [6, 6.07) is 16.3. The highest BCUT2D eigenvalue weighted by Gasteiger charge is 2.21. The molecule has 2 aromatic carbocycles. The van der Waals surface area contributed by atoms with Crippen molar-refractivity contribution in [3.05, 3.63) is 76.9 Å². The quantitative estimate of drug-likeness (QED) is 0.776. The summed E-state index contributed by atoms with van der Waals surface area (Å²) < 4.78 is 0. The van der Waals surface area contributed by atoms with Gasteiger partial charge in [-0.3, -0.25) is 4.98 Å². The summed E-state index contributed by atoms with van der Waals surface area (Å²) >= 11 is 6.18. The molecule has 2 atom stereocenters. The second kappa shape index (κ2) is 5.82. The molecule has 2 unspecified atom stereocenters. The minimum absolute atomic E-state index is 0.516. The third-order valence-corrected chi connectivity index (χ3v) is 3.92. The molecule has 0 fully saturated rings. The van der Waals surface area contributed by atoms with Gasteiger partial charge < -0.3 is 10.8 Å². The Morgan fingerprint density at radius 3 is 2.52 bits per heavy atom. The molecule has 0 spiro atoms. The van der Waals surface area contributed by atoms with Crippen LogP contribution in [-0.2, 0) is 0 Å². The number of pyridine rings is 1. The highest BCUT2D eigenvalue weighted by Crippen LogP contribution is 2.33. The number of aliphatic hydroxyl groups is 1. The van der Waals surface area contributed by atoms with E-state index in [0.717, 1.165) is 10.9 Å². The molecule has 3 N–H and O–H groups in total. The molecular formula is C17H15ClN2O. The largest absolute Gasteiger partial charge is 0.386 e. The van der Waals surface area contributed by atoms with Gasteiger partial charge in [0.2, 0.25) is 0 Å². The summed E-state index contributed by atoms with van der Waals surface area (Å²) in [6.07, 6.45) is 0.838. The van der Waals surface area contributed by atoms with Crippen LogP contribution in [0.4, 0.5) is 0 Å². The van der Waals surface area contributed by atoms with Crippen molar-refractivity contribution in [2.45, 2.75) is 12.1 Å². The Kier molecular flexibility index (Phi) is 3.88. The number of rotatable bonds is 3. The number of fused-ring (bicyclic) bond motifs is 1. The van der Waals surface area contributed by atoms with Crippen LogP contribution in [0.5, 0.6) is 0 Å². The van der Waals surface area contributed by atoms with Crippen molar-refractivity contribution in [2.75, 3.05) is 0 Å². The van der Waals surface area contributed by atoms with Crippen LogP contribution >= 0.6 is 11.6 Å². The Morgan fingerprint density at radius 2 is 1.76 bits per heavy atom. The lowest BCUT2D eigenvalue weighted by Gasteiger charge is -2.21. The van der Waals surface area contributed by atoms with E-state index in [1.807, 2.05) is 42.5 Å². The predicted molar refractivity (Wildman–Crippen MR) is 85.1 cm³/mol. The van der Waals surface area contributed by atoms with Gasteiger partial charge in [-0.15, -0.1) is 0 Å². The third-order valence-electron chi connectivity index (χ3n) is 3.59. The van der Waals surface area contributed by atoms with E-state index < -0.39 is 12.1 Å². The Balaban J connectivity index is 2.06. The van der Waals surface area contributed by atoms with Gasteiger partial charge in [0.1, 0.15) is 6.10 Å². The van der Waals surface area contributed by atoms with E-state index in [0.29, 0.717) is 16.1 Å². The van der Waals surface area contributed by atoms with Crippen molar-refractivity contribution in [1.29, 1.82) is 0 Å². The minimum Gasteiger partial charge on any atom is -0.386 e. The second-order valence-electron chi connectivity index (χ2n) is 4.92. The molecule has 3 nitrogen and oxygen atoms in total. The third kappa shape index (κ3) is 2.63. The zero-order valence-corrected chi connectivity index (χ0v) is 12.0. The Morgan fingerprint density at radius 1 is 1.00 bits per heavy atom. The molecule has 106 valence electrons. The Labute approximate surface area is 128 Å². The van der Waals surface area contributed by atoms with Crippen LogP contribution in [0.1, 0.15) is 23.3 Å². The zero-order valence-electron chi connectivity index (χ0n) is 11.3. The van der Waals surface area contributed by atoms with Crippen LogP contribution in [0.15, 0.2) is 60.8 Å². The number of halogens is 1. The van der Waals surface area contributed by atoms with Crippen molar-refractivity contribution in [1.82, 2.24) is 4.98 Å². The molecule has 0 radical (unpaired) electrons. The van der Waals surface area contributed by atoms with Crippen LogP contribution < -0.4 is 5.73 Å². The molecule has 0 saturated carbocycles. The molecule has 0 aliphatic heterocycles. The fraction of sp³-hybridized carbons (Fsp3) is 0.118. The smallest absolute Gasteiger partial charge is 0.100 e. The van der Waals surface area contributed by atoms with Crippen LogP contribution in [0.3, 0.4) is 0 Å². The molecule has 0 bridgehead atoms. The zero-order chi connectivity index (χ0) is 14.8. The molecule has 3 rings (SSSR count). The second-order valence-corrected chi connectivity index (χ2v) is 5.32. The number of hydrogen-bond acceptors (Lipinski definition) is 3. The summed E-state index contributed by atoms with van der Waals surface area (Å²) in [5, 5.41) is 12.1. The molecular weight excluding hydrogens is 284 g/mol. The van der Waals surface area contributed by atoms with Gasteiger partial charge in [0.05, 0.1) is 11.6 Å².